The average molecular weight is 283 g/mol. The first-order valence-electron chi connectivity index (χ1n) is 7.23. The molecule has 0 unspecified atom stereocenters. The topological polar surface area (TPSA) is 68.0 Å². The van der Waals surface area contributed by atoms with Gasteiger partial charge in [0.15, 0.2) is 0 Å². The van der Waals surface area contributed by atoms with Crippen LogP contribution in [0, 0.1) is 6.92 Å². The number of amides is 1. The summed E-state index contributed by atoms with van der Waals surface area (Å²) in [6.07, 6.45) is 5.03. The summed E-state index contributed by atoms with van der Waals surface area (Å²) in [5.74, 6) is 0.0338. The maximum atomic E-state index is 12.3. The lowest BCUT2D eigenvalue weighted by Gasteiger charge is -2.10. The van der Waals surface area contributed by atoms with Gasteiger partial charge in [-0.05, 0) is 49.1 Å². The summed E-state index contributed by atoms with van der Waals surface area (Å²) in [5.41, 5.74) is 9.09. The van der Waals surface area contributed by atoms with Gasteiger partial charge in [-0.1, -0.05) is 25.5 Å². The van der Waals surface area contributed by atoms with Crippen molar-refractivity contribution >= 4 is 17.4 Å². The van der Waals surface area contributed by atoms with Gasteiger partial charge in [-0.3, -0.25) is 4.79 Å². The molecule has 0 atom stereocenters. The van der Waals surface area contributed by atoms with Crippen molar-refractivity contribution in [1.29, 1.82) is 0 Å². The third-order valence-corrected chi connectivity index (χ3v) is 3.45. The van der Waals surface area contributed by atoms with Crippen LogP contribution >= 0.6 is 0 Å². The minimum atomic E-state index is -0.223. The van der Waals surface area contributed by atoms with Crippen LogP contribution in [-0.4, -0.2) is 10.9 Å². The van der Waals surface area contributed by atoms with Gasteiger partial charge in [0.05, 0.1) is 5.56 Å². The molecule has 2 aromatic rings. The molecule has 4 nitrogen and oxygen atoms in total. The number of benzene rings is 1. The molecule has 0 bridgehead atoms. The lowest BCUT2D eigenvalue weighted by molar-refractivity contribution is 0.102. The Morgan fingerprint density at radius 2 is 1.95 bits per heavy atom. The van der Waals surface area contributed by atoms with E-state index in [9.17, 15) is 4.79 Å². The number of nitrogens with two attached hydrogens (primary N) is 1. The highest BCUT2D eigenvalue weighted by atomic mass is 16.1. The molecule has 4 heteroatoms. The van der Waals surface area contributed by atoms with Gasteiger partial charge in [-0.25, -0.2) is 4.98 Å². The summed E-state index contributed by atoms with van der Waals surface area (Å²) in [5, 5.41) is 2.86. The molecule has 0 saturated carbocycles. The van der Waals surface area contributed by atoms with Gasteiger partial charge in [0.1, 0.15) is 5.82 Å². The van der Waals surface area contributed by atoms with Crippen molar-refractivity contribution in [2.24, 2.45) is 0 Å². The third-order valence-electron chi connectivity index (χ3n) is 3.45. The van der Waals surface area contributed by atoms with E-state index in [4.69, 9.17) is 5.73 Å². The van der Waals surface area contributed by atoms with Crippen molar-refractivity contribution in [3.8, 4) is 0 Å². The van der Waals surface area contributed by atoms with Gasteiger partial charge in [-0.2, -0.15) is 0 Å². The molecular formula is C17H21N3O. The summed E-state index contributed by atoms with van der Waals surface area (Å²) >= 11 is 0. The number of nitrogens with zero attached hydrogens (tertiary/aromatic N) is 1. The van der Waals surface area contributed by atoms with Crippen molar-refractivity contribution in [3.05, 3.63) is 53.2 Å². The first kappa shape index (κ1) is 15.0. The number of hydrogen-bond donors (Lipinski definition) is 2. The quantitative estimate of drug-likeness (QED) is 0.881. The molecular weight excluding hydrogens is 262 g/mol. The van der Waals surface area contributed by atoms with Gasteiger partial charge in [-0.15, -0.1) is 0 Å². The molecule has 1 aromatic carbocycles. The molecule has 3 N–H and O–H groups in total. The fraction of sp³-hybridized carbons (Fsp3) is 0.294. The SMILES string of the molecule is CCCCc1ccc(NC(=O)c2c(C)ccnc2N)cc1. The molecule has 0 radical (unpaired) electrons. The van der Waals surface area contributed by atoms with Crippen molar-refractivity contribution in [2.75, 3.05) is 11.1 Å². The van der Waals surface area contributed by atoms with Crippen LogP contribution in [0.2, 0.25) is 0 Å². The van der Waals surface area contributed by atoms with E-state index in [1.165, 1.54) is 18.4 Å². The Morgan fingerprint density at radius 3 is 2.57 bits per heavy atom. The van der Waals surface area contributed by atoms with Crippen LogP contribution < -0.4 is 11.1 Å². The van der Waals surface area contributed by atoms with E-state index in [0.717, 1.165) is 17.7 Å². The number of pyridine rings is 1. The van der Waals surface area contributed by atoms with Crippen LogP contribution in [0.4, 0.5) is 11.5 Å². The van der Waals surface area contributed by atoms with Crippen LogP contribution in [0.1, 0.15) is 41.3 Å². The second-order valence-corrected chi connectivity index (χ2v) is 5.14. The number of hydrogen-bond acceptors (Lipinski definition) is 3. The number of carbonyl (C=O) groups excluding carboxylic acids is 1. The largest absolute Gasteiger partial charge is 0.383 e. The van der Waals surface area contributed by atoms with Crippen molar-refractivity contribution in [1.82, 2.24) is 4.98 Å². The van der Waals surface area contributed by atoms with Crippen LogP contribution in [-0.2, 0) is 6.42 Å². The van der Waals surface area contributed by atoms with E-state index in [-0.39, 0.29) is 11.7 Å². The molecule has 0 aliphatic rings. The van der Waals surface area contributed by atoms with E-state index < -0.39 is 0 Å². The van der Waals surface area contributed by atoms with Gasteiger partial charge < -0.3 is 11.1 Å². The summed E-state index contributed by atoms with van der Waals surface area (Å²) in [7, 11) is 0. The van der Waals surface area contributed by atoms with Crippen LogP contribution in [0.25, 0.3) is 0 Å². The summed E-state index contributed by atoms with van der Waals surface area (Å²) in [6, 6.07) is 9.71. The maximum Gasteiger partial charge on any atom is 0.259 e. The molecule has 1 aromatic heterocycles. The highest BCUT2D eigenvalue weighted by Gasteiger charge is 2.13. The predicted molar refractivity (Wildman–Crippen MR) is 86.4 cm³/mol. The van der Waals surface area contributed by atoms with Gasteiger partial charge in [0, 0.05) is 11.9 Å². The summed E-state index contributed by atoms with van der Waals surface area (Å²) in [6.45, 7) is 4.02. The highest BCUT2D eigenvalue weighted by Crippen LogP contribution is 2.17. The van der Waals surface area contributed by atoms with Crippen molar-refractivity contribution < 1.29 is 4.79 Å². The zero-order valence-corrected chi connectivity index (χ0v) is 12.5. The molecule has 2 rings (SSSR count). The molecule has 21 heavy (non-hydrogen) atoms. The number of nitrogen functional groups attached to an aromatic ring is 1. The molecule has 110 valence electrons. The zero-order valence-electron chi connectivity index (χ0n) is 12.5. The normalized spacial score (nSPS) is 10.4. The third kappa shape index (κ3) is 3.81. The number of rotatable bonds is 5. The van der Waals surface area contributed by atoms with Gasteiger partial charge in [0.2, 0.25) is 0 Å². The second-order valence-electron chi connectivity index (χ2n) is 5.14. The van der Waals surface area contributed by atoms with E-state index in [2.05, 4.69) is 17.2 Å². The number of aromatic nitrogens is 1. The lowest BCUT2D eigenvalue weighted by atomic mass is 10.1. The van der Waals surface area contributed by atoms with E-state index in [0.29, 0.717) is 5.56 Å². The number of nitrogens with one attached hydrogen (secondary N) is 1. The number of anilines is 2. The molecule has 0 aliphatic heterocycles. The van der Waals surface area contributed by atoms with E-state index in [1.54, 1.807) is 12.3 Å². The fourth-order valence-corrected chi connectivity index (χ4v) is 2.20. The minimum absolute atomic E-state index is 0.223. The Bertz CT molecular complexity index is 600. The molecule has 0 spiro atoms. The number of aryl methyl sites for hydroxylation is 2. The minimum Gasteiger partial charge on any atom is -0.383 e. The van der Waals surface area contributed by atoms with Crippen LogP contribution in [0.15, 0.2) is 36.5 Å². The van der Waals surface area contributed by atoms with E-state index in [1.807, 2.05) is 31.2 Å². The predicted octanol–water partition coefficient (Wildman–Crippen LogP) is 3.57. The molecule has 1 amide bonds. The Labute approximate surface area is 125 Å². The van der Waals surface area contributed by atoms with Crippen molar-refractivity contribution in [3.63, 3.8) is 0 Å². The highest BCUT2D eigenvalue weighted by molar-refractivity contribution is 6.08. The fourth-order valence-electron chi connectivity index (χ4n) is 2.20. The monoisotopic (exact) mass is 283 g/mol. The Kier molecular flexibility index (Phi) is 4.93. The van der Waals surface area contributed by atoms with Crippen LogP contribution in [0.5, 0.6) is 0 Å². The maximum absolute atomic E-state index is 12.3. The van der Waals surface area contributed by atoms with Crippen LogP contribution in [0.3, 0.4) is 0 Å². The molecule has 0 fully saturated rings. The summed E-state index contributed by atoms with van der Waals surface area (Å²) in [4.78, 5) is 16.2. The first-order chi connectivity index (χ1) is 10.1. The molecule has 0 aliphatic carbocycles. The van der Waals surface area contributed by atoms with Gasteiger partial charge >= 0.3 is 0 Å². The Balaban J connectivity index is 2.09. The standard InChI is InChI=1S/C17H21N3O/c1-3-4-5-13-6-8-14(9-7-13)20-17(21)15-12(2)10-11-19-16(15)18/h6-11H,3-5H2,1-2H3,(H2,18,19)(H,20,21). The smallest absolute Gasteiger partial charge is 0.259 e. The zero-order chi connectivity index (χ0) is 15.2. The Morgan fingerprint density at radius 1 is 1.24 bits per heavy atom. The van der Waals surface area contributed by atoms with Gasteiger partial charge in [0.25, 0.3) is 5.91 Å². The number of carbonyl (C=O) groups is 1. The molecule has 0 saturated heterocycles. The first-order valence-corrected chi connectivity index (χ1v) is 7.23. The Hall–Kier alpha value is -2.36. The second kappa shape index (κ2) is 6.88. The molecule has 1 heterocycles. The van der Waals surface area contributed by atoms with E-state index >= 15 is 0 Å². The summed E-state index contributed by atoms with van der Waals surface area (Å²) < 4.78 is 0. The number of unbranched alkanes of at least 4 members (excludes halogenated alkanes) is 1. The lowest BCUT2D eigenvalue weighted by Crippen LogP contribution is -2.16. The average Bonchev–Trinajstić information content (AvgIpc) is 2.46. The van der Waals surface area contributed by atoms with Crippen molar-refractivity contribution in [2.45, 2.75) is 33.1 Å².